The summed E-state index contributed by atoms with van der Waals surface area (Å²) in [6.45, 7) is 0. The third-order valence-electron chi connectivity index (χ3n) is 5.82. The van der Waals surface area contributed by atoms with Crippen molar-refractivity contribution in [3.8, 4) is 11.1 Å². The minimum Gasteiger partial charge on any atom is -0.345 e. The fourth-order valence-corrected chi connectivity index (χ4v) is 5.01. The molecule has 0 saturated heterocycles. The van der Waals surface area contributed by atoms with E-state index in [1.54, 1.807) is 30.3 Å². The summed E-state index contributed by atoms with van der Waals surface area (Å²) in [4.78, 5) is 30.8. The van der Waals surface area contributed by atoms with Crippen molar-refractivity contribution >= 4 is 38.8 Å². The number of halogens is 3. The molecule has 0 aliphatic carbocycles. The average Bonchev–Trinajstić information content (AvgIpc) is 3.34. The van der Waals surface area contributed by atoms with Crippen molar-refractivity contribution in [2.24, 2.45) is 0 Å². The van der Waals surface area contributed by atoms with Crippen molar-refractivity contribution in [3.05, 3.63) is 113 Å². The SMILES string of the molecule is O=Cc1ccc(-c2cnc3[nH]cc(C(=O)c4c(F)ccc(NS(=O)(=O)c5cccc(F)c5)c4F)c3c2)cc1. The van der Waals surface area contributed by atoms with Crippen LogP contribution in [0.5, 0.6) is 0 Å². The van der Waals surface area contributed by atoms with Crippen LogP contribution in [-0.2, 0) is 10.0 Å². The predicted molar refractivity (Wildman–Crippen MR) is 134 cm³/mol. The van der Waals surface area contributed by atoms with Gasteiger partial charge in [0.05, 0.1) is 16.1 Å². The molecule has 0 saturated carbocycles. The quantitative estimate of drug-likeness (QED) is 0.212. The molecule has 2 heterocycles. The highest BCUT2D eigenvalue weighted by Gasteiger charge is 2.26. The number of sulfonamides is 1. The Bertz CT molecular complexity index is 1830. The Morgan fingerprint density at radius 1 is 0.947 bits per heavy atom. The number of benzene rings is 3. The molecule has 11 heteroatoms. The van der Waals surface area contributed by atoms with Crippen LogP contribution < -0.4 is 4.72 Å². The van der Waals surface area contributed by atoms with Crippen LogP contribution in [0.3, 0.4) is 0 Å². The van der Waals surface area contributed by atoms with Gasteiger partial charge in [0.25, 0.3) is 10.0 Å². The van der Waals surface area contributed by atoms with Crippen LogP contribution in [-0.4, -0.2) is 30.5 Å². The number of H-pyrrole nitrogens is 1. The molecule has 0 bridgehead atoms. The van der Waals surface area contributed by atoms with Gasteiger partial charge in [0, 0.05) is 34.5 Å². The Balaban J connectivity index is 1.54. The summed E-state index contributed by atoms with van der Waals surface area (Å²) in [7, 11) is -4.45. The number of nitrogens with one attached hydrogen (secondary N) is 2. The molecule has 3 aromatic carbocycles. The third-order valence-corrected chi connectivity index (χ3v) is 7.19. The topological polar surface area (TPSA) is 109 Å². The second-order valence-corrected chi connectivity index (χ2v) is 9.92. The van der Waals surface area contributed by atoms with Crippen LogP contribution in [0, 0.1) is 17.5 Å². The zero-order chi connectivity index (χ0) is 27.0. The number of carbonyl (C=O) groups excluding carboxylic acids is 2. The van der Waals surface area contributed by atoms with E-state index >= 15 is 4.39 Å². The van der Waals surface area contributed by atoms with E-state index in [4.69, 9.17) is 0 Å². The largest absolute Gasteiger partial charge is 0.345 e. The summed E-state index contributed by atoms with van der Waals surface area (Å²) in [5.74, 6) is -4.51. The Hall–Kier alpha value is -4.77. The van der Waals surface area contributed by atoms with Gasteiger partial charge < -0.3 is 4.98 Å². The highest BCUT2D eigenvalue weighted by Crippen LogP contribution is 2.30. The molecule has 0 radical (unpaired) electrons. The van der Waals surface area contributed by atoms with Gasteiger partial charge in [0.2, 0.25) is 5.78 Å². The van der Waals surface area contributed by atoms with Crippen LogP contribution in [0.25, 0.3) is 22.2 Å². The number of fused-ring (bicyclic) bond motifs is 1. The number of aldehydes is 1. The molecular weight excluding hydrogens is 519 g/mol. The lowest BCUT2D eigenvalue weighted by Crippen LogP contribution is -2.16. The highest BCUT2D eigenvalue weighted by atomic mass is 32.2. The predicted octanol–water partition coefficient (Wildman–Crippen LogP) is 5.49. The fraction of sp³-hybridized carbons (Fsp3) is 0. The van der Waals surface area contributed by atoms with Crippen molar-refractivity contribution in [3.63, 3.8) is 0 Å². The van der Waals surface area contributed by atoms with Gasteiger partial charge in [-0.3, -0.25) is 14.3 Å². The summed E-state index contributed by atoms with van der Waals surface area (Å²) >= 11 is 0. The van der Waals surface area contributed by atoms with Crippen LogP contribution in [0.15, 0.2) is 84.0 Å². The van der Waals surface area contributed by atoms with Crippen molar-refractivity contribution in [2.45, 2.75) is 4.90 Å². The molecule has 7 nitrogen and oxygen atoms in total. The van der Waals surface area contributed by atoms with Gasteiger partial charge >= 0.3 is 0 Å². The minimum absolute atomic E-state index is 0.0956. The van der Waals surface area contributed by atoms with E-state index in [2.05, 4.69) is 9.97 Å². The molecule has 0 aliphatic rings. The molecule has 5 rings (SSSR count). The first-order valence-corrected chi connectivity index (χ1v) is 12.5. The van der Waals surface area contributed by atoms with Crippen LogP contribution in [0.2, 0.25) is 0 Å². The average molecular weight is 536 g/mol. The normalized spacial score (nSPS) is 11.4. The maximum absolute atomic E-state index is 15.4. The number of anilines is 1. The van der Waals surface area contributed by atoms with Crippen molar-refractivity contribution in [1.82, 2.24) is 9.97 Å². The maximum atomic E-state index is 15.4. The van der Waals surface area contributed by atoms with Gasteiger partial charge in [-0.05, 0) is 42.0 Å². The Morgan fingerprint density at radius 3 is 2.42 bits per heavy atom. The molecule has 190 valence electrons. The summed E-state index contributed by atoms with van der Waals surface area (Å²) in [5, 5.41) is 0.275. The molecule has 2 aromatic heterocycles. The standard InChI is InChI=1S/C27H16F3N3O4S/c28-18-2-1-3-19(11-18)38(36,37)33-23-9-8-22(29)24(25(23)30)26(35)21-13-32-27-20(21)10-17(12-31-27)16-6-4-15(14-34)5-7-16/h1-14,33H,(H,31,32). The van der Waals surface area contributed by atoms with Gasteiger partial charge in [0.15, 0.2) is 5.82 Å². The lowest BCUT2D eigenvalue weighted by atomic mass is 9.99. The first-order chi connectivity index (χ1) is 18.2. The maximum Gasteiger partial charge on any atom is 0.262 e. The molecule has 0 atom stereocenters. The van der Waals surface area contributed by atoms with Crippen LogP contribution in [0.4, 0.5) is 18.9 Å². The monoisotopic (exact) mass is 535 g/mol. The number of nitrogens with zero attached hydrogens (tertiary/aromatic N) is 1. The van der Waals surface area contributed by atoms with Crippen molar-refractivity contribution < 1.29 is 31.2 Å². The number of hydrogen-bond donors (Lipinski definition) is 2. The van der Waals surface area contributed by atoms with E-state index in [1.807, 2.05) is 4.72 Å². The van der Waals surface area contributed by atoms with E-state index in [1.165, 1.54) is 12.4 Å². The van der Waals surface area contributed by atoms with E-state index in [-0.39, 0.29) is 16.6 Å². The van der Waals surface area contributed by atoms with Gasteiger partial charge in [-0.25, -0.2) is 26.6 Å². The number of aromatic nitrogens is 2. The highest BCUT2D eigenvalue weighted by molar-refractivity contribution is 7.92. The molecule has 0 amide bonds. The first-order valence-electron chi connectivity index (χ1n) is 11.0. The number of pyridine rings is 1. The van der Waals surface area contributed by atoms with Crippen molar-refractivity contribution in [2.75, 3.05) is 4.72 Å². The number of hydrogen-bond acceptors (Lipinski definition) is 5. The second kappa shape index (κ2) is 9.60. The zero-order valence-corrected chi connectivity index (χ0v) is 20.0. The van der Waals surface area contributed by atoms with Gasteiger partial charge in [-0.2, -0.15) is 0 Å². The smallest absolute Gasteiger partial charge is 0.262 e. The second-order valence-electron chi connectivity index (χ2n) is 8.24. The van der Waals surface area contributed by atoms with E-state index < -0.39 is 49.4 Å². The lowest BCUT2D eigenvalue weighted by molar-refractivity contribution is 0.103. The van der Waals surface area contributed by atoms with E-state index in [0.29, 0.717) is 23.0 Å². The number of rotatable bonds is 7. The van der Waals surface area contributed by atoms with Crippen LogP contribution >= 0.6 is 0 Å². The molecule has 2 N–H and O–H groups in total. The lowest BCUT2D eigenvalue weighted by Gasteiger charge is -2.12. The molecule has 5 aromatic rings. The molecule has 0 spiro atoms. The number of carbonyl (C=O) groups is 2. The van der Waals surface area contributed by atoms with Crippen LogP contribution in [0.1, 0.15) is 26.3 Å². The summed E-state index contributed by atoms with van der Waals surface area (Å²) in [6.07, 6.45) is 3.48. The Kier molecular flexibility index (Phi) is 6.29. The van der Waals surface area contributed by atoms with E-state index in [9.17, 15) is 26.8 Å². The van der Waals surface area contributed by atoms with Gasteiger partial charge in [-0.1, -0.05) is 30.3 Å². The number of aromatic amines is 1. The first kappa shape index (κ1) is 24.9. The number of ketones is 1. The molecule has 38 heavy (non-hydrogen) atoms. The Labute approximate surface area is 214 Å². The fourth-order valence-electron chi connectivity index (χ4n) is 3.92. The summed E-state index contributed by atoms with van der Waals surface area (Å²) in [5.41, 5.74) is 0.266. The third kappa shape index (κ3) is 4.55. The molecule has 0 aliphatic heterocycles. The van der Waals surface area contributed by atoms with Gasteiger partial charge in [0.1, 0.15) is 23.6 Å². The zero-order valence-electron chi connectivity index (χ0n) is 19.2. The molecule has 0 unspecified atom stereocenters. The van der Waals surface area contributed by atoms with Gasteiger partial charge in [-0.15, -0.1) is 0 Å². The van der Waals surface area contributed by atoms with E-state index in [0.717, 1.165) is 36.4 Å². The summed E-state index contributed by atoms with van der Waals surface area (Å²) < 4.78 is 70.9. The minimum atomic E-state index is -4.45. The molecular formula is C27H16F3N3O4S. The Morgan fingerprint density at radius 2 is 1.71 bits per heavy atom. The van der Waals surface area contributed by atoms with Crippen molar-refractivity contribution in [1.29, 1.82) is 0 Å². The molecule has 0 fully saturated rings. The summed E-state index contributed by atoms with van der Waals surface area (Å²) in [6, 6.07) is 13.8.